The van der Waals surface area contributed by atoms with Gasteiger partial charge in [-0.3, -0.25) is 9.59 Å². The van der Waals surface area contributed by atoms with Gasteiger partial charge in [0, 0.05) is 10.5 Å². The minimum Gasteiger partial charge on any atom is -0.466 e. The number of hydrogen-bond donors (Lipinski definition) is 1. The van der Waals surface area contributed by atoms with Gasteiger partial charge in [-0.15, -0.1) is 12.6 Å². The molecule has 0 saturated heterocycles. The maximum atomic E-state index is 11.3. The van der Waals surface area contributed by atoms with Crippen LogP contribution in [0.5, 0.6) is 0 Å². The lowest BCUT2D eigenvalue weighted by molar-refractivity contribution is -0.142. The Labute approximate surface area is 105 Å². The van der Waals surface area contributed by atoms with Gasteiger partial charge >= 0.3 is 5.97 Å². The smallest absolute Gasteiger partial charge is 0.310 e. The Morgan fingerprint density at radius 3 is 2.82 bits per heavy atom. The average molecular weight is 249 g/mol. The lowest BCUT2D eigenvalue weighted by Crippen LogP contribution is -2.09. The molecule has 0 fully saturated rings. The number of nitrogens with zero attached hydrogens (tertiary/aromatic N) is 1. The van der Waals surface area contributed by atoms with Crippen molar-refractivity contribution in [2.45, 2.75) is 18.2 Å². The topological polar surface area (TPSA) is 67.2 Å². The number of rotatable bonds is 4. The molecule has 88 valence electrons. The number of esters is 1. The van der Waals surface area contributed by atoms with E-state index in [4.69, 9.17) is 10.00 Å². The summed E-state index contributed by atoms with van der Waals surface area (Å²) in [6.45, 7) is 1.98. The SMILES string of the molecule is CCOC(=O)Cc1cc(C=O)cc(S)c1C#N. The fraction of sp³-hybridized carbons (Fsp3) is 0.250. The quantitative estimate of drug-likeness (QED) is 0.501. The molecular formula is C12H11NO3S. The number of carbonyl (C=O) groups excluding carboxylic acids is 2. The molecule has 0 saturated carbocycles. The van der Waals surface area contributed by atoms with E-state index >= 15 is 0 Å². The van der Waals surface area contributed by atoms with Crippen molar-refractivity contribution in [3.05, 3.63) is 28.8 Å². The third-order valence-electron chi connectivity index (χ3n) is 2.11. The van der Waals surface area contributed by atoms with Crippen LogP contribution >= 0.6 is 12.6 Å². The molecule has 0 aliphatic carbocycles. The third kappa shape index (κ3) is 3.33. The first-order valence-corrected chi connectivity index (χ1v) is 5.43. The van der Waals surface area contributed by atoms with Crippen molar-refractivity contribution in [3.8, 4) is 6.07 Å². The lowest BCUT2D eigenvalue weighted by Gasteiger charge is -2.07. The zero-order chi connectivity index (χ0) is 12.8. The predicted molar refractivity (Wildman–Crippen MR) is 64.1 cm³/mol. The number of ether oxygens (including phenoxy) is 1. The van der Waals surface area contributed by atoms with E-state index in [0.717, 1.165) is 0 Å². The summed E-state index contributed by atoms with van der Waals surface area (Å²) in [6, 6.07) is 4.95. The summed E-state index contributed by atoms with van der Waals surface area (Å²) in [5.74, 6) is -0.431. The minimum atomic E-state index is -0.431. The molecule has 0 spiro atoms. The van der Waals surface area contributed by atoms with Gasteiger partial charge in [-0.2, -0.15) is 5.26 Å². The maximum absolute atomic E-state index is 11.3. The predicted octanol–water partition coefficient (Wildman–Crippen LogP) is 1.77. The second kappa shape index (κ2) is 6.06. The summed E-state index contributed by atoms with van der Waals surface area (Å²) < 4.78 is 4.80. The highest BCUT2D eigenvalue weighted by molar-refractivity contribution is 7.80. The van der Waals surface area contributed by atoms with Crippen LogP contribution in [0.4, 0.5) is 0 Å². The van der Waals surface area contributed by atoms with Crippen LogP contribution in [0, 0.1) is 11.3 Å². The highest BCUT2D eigenvalue weighted by Gasteiger charge is 2.12. The molecule has 5 heteroatoms. The Morgan fingerprint density at radius 2 is 2.29 bits per heavy atom. The summed E-state index contributed by atoms with van der Waals surface area (Å²) >= 11 is 4.11. The number of hydrogen-bond acceptors (Lipinski definition) is 5. The standard InChI is InChI=1S/C12H11NO3S/c1-2-16-12(15)5-9-3-8(7-14)4-11(17)10(9)6-13/h3-4,7,17H,2,5H2,1H3. The van der Waals surface area contributed by atoms with Crippen molar-refractivity contribution < 1.29 is 14.3 Å². The molecule has 1 aromatic rings. The molecular weight excluding hydrogens is 238 g/mol. The van der Waals surface area contributed by atoms with Crippen LogP contribution in [-0.2, 0) is 16.0 Å². The van der Waals surface area contributed by atoms with Crippen LogP contribution in [0.1, 0.15) is 28.4 Å². The van der Waals surface area contributed by atoms with Gasteiger partial charge in [0.1, 0.15) is 12.4 Å². The van der Waals surface area contributed by atoms with E-state index in [1.807, 2.05) is 6.07 Å². The van der Waals surface area contributed by atoms with Crippen molar-refractivity contribution in [1.29, 1.82) is 5.26 Å². The van der Waals surface area contributed by atoms with Crippen molar-refractivity contribution in [2.75, 3.05) is 6.61 Å². The van der Waals surface area contributed by atoms with Crippen LogP contribution in [0.15, 0.2) is 17.0 Å². The van der Waals surface area contributed by atoms with E-state index in [-0.39, 0.29) is 13.0 Å². The Morgan fingerprint density at radius 1 is 1.59 bits per heavy atom. The van der Waals surface area contributed by atoms with Gasteiger partial charge in [0.2, 0.25) is 0 Å². The monoisotopic (exact) mass is 249 g/mol. The fourth-order valence-electron chi connectivity index (χ4n) is 1.41. The third-order valence-corrected chi connectivity index (χ3v) is 2.46. The summed E-state index contributed by atoms with van der Waals surface area (Å²) in [4.78, 5) is 22.4. The largest absolute Gasteiger partial charge is 0.466 e. The maximum Gasteiger partial charge on any atom is 0.310 e. The highest BCUT2D eigenvalue weighted by Crippen LogP contribution is 2.20. The summed E-state index contributed by atoms with van der Waals surface area (Å²) in [7, 11) is 0. The molecule has 0 heterocycles. The van der Waals surface area contributed by atoms with Crippen molar-refractivity contribution in [1.82, 2.24) is 0 Å². The van der Waals surface area contributed by atoms with Crippen LogP contribution in [0.3, 0.4) is 0 Å². The van der Waals surface area contributed by atoms with E-state index in [9.17, 15) is 9.59 Å². The van der Waals surface area contributed by atoms with Gasteiger partial charge in [0.05, 0.1) is 18.6 Å². The van der Waals surface area contributed by atoms with Crippen LogP contribution in [0.2, 0.25) is 0 Å². The molecule has 4 nitrogen and oxygen atoms in total. The van der Waals surface area contributed by atoms with E-state index in [0.29, 0.717) is 27.9 Å². The molecule has 0 aliphatic heterocycles. The molecule has 0 atom stereocenters. The number of benzene rings is 1. The number of carbonyl (C=O) groups is 2. The number of nitriles is 1. The molecule has 0 unspecified atom stereocenters. The Kier molecular flexibility index (Phi) is 4.73. The molecule has 1 rings (SSSR count). The Bertz CT molecular complexity index is 491. The first-order valence-electron chi connectivity index (χ1n) is 4.99. The molecule has 17 heavy (non-hydrogen) atoms. The molecule has 0 amide bonds. The van der Waals surface area contributed by atoms with Gasteiger partial charge in [-0.25, -0.2) is 0 Å². The second-order valence-corrected chi connectivity index (χ2v) is 3.77. The second-order valence-electron chi connectivity index (χ2n) is 3.29. The molecule has 0 radical (unpaired) electrons. The number of aldehydes is 1. The Balaban J connectivity index is 3.12. The van der Waals surface area contributed by atoms with Gasteiger partial charge < -0.3 is 4.74 Å². The van der Waals surface area contributed by atoms with Gasteiger partial charge in [0.25, 0.3) is 0 Å². The zero-order valence-corrected chi connectivity index (χ0v) is 10.2. The molecule has 0 bridgehead atoms. The van der Waals surface area contributed by atoms with E-state index in [2.05, 4.69) is 12.6 Å². The average Bonchev–Trinajstić information content (AvgIpc) is 2.28. The molecule has 0 aromatic heterocycles. The van der Waals surface area contributed by atoms with Gasteiger partial charge in [-0.05, 0) is 24.6 Å². The van der Waals surface area contributed by atoms with Gasteiger partial charge in [-0.1, -0.05) is 0 Å². The van der Waals surface area contributed by atoms with Crippen LogP contribution in [0.25, 0.3) is 0 Å². The van der Waals surface area contributed by atoms with E-state index in [1.54, 1.807) is 6.92 Å². The molecule has 0 aliphatic rings. The fourth-order valence-corrected chi connectivity index (χ4v) is 1.76. The molecule has 1 aromatic carbocycles. The van der Waals surface area contributed by atoms with Crippen molar-refractivity contribution >= 4 is 24.9 Å². The highest BCUT2D eigenvalue weighted by atomic mass is 32.1. The first-order chi connectivity index (χ1) is 8.12. The Hall–Kier alpha value is -1.80. The van der Waals surface area contributed by atoms with Crippen molar-refractivity contribution in [3.63, 3.8) is 0 Å². The van der Waals surface area contributed by atoms with Crippen LogP contribution in [-0.4, -0.2) is 18.9 Å². The summed E-state index contributed by atoms with van der Waals surface area (Å²) in [5, 5.41) is 8.97. The minimum absolute atomic E-state index is 0.0357. The van der Waals surface area contributed by atoms with Gasteiger partial charge in [0.15, 0.2) is 0 Å². The lowest BCUT2D eigenvalue weighted by atomic mass is 10.0. The number of thiol groups is 1. The summed E-state index contributed by atoms with van der Waals surface area (Å²) in [6.07, 6.45) is 0.613. The van der Waals surface area contributed by atoms with Crippen molar-refractivity contribution in [2.24, 2.45) is 0 Å². The van der Waals surface area contributed by atoms with Crippen LogP contribution < -0.4 is 0 Å². The van der Waals surface area contributed by atoms with E-state index in [1.165, 1.54) is 12.1 Å². The van der Waals surface area contributed by atoms with E-state index < -0.39 is 5.97 Å². The first kappa shape index (κ1) is 13.3. The summed E-state index contributed by atoms with van der Waals surface area (Å²) in [5.41, 5.74) is 1.14. The normalized spacial score (nSPS) is 9.47. The molecule has 0 N–H and O–H groups in total. The zero-order valence-electron chi connectivity index (χ0n) is 9.27.